The second-order valence-corrected chi connectivity index (χ2v) is 14.0. The molecule has 1 aromatic heterocycles. The van der Waals surface area contributed by atoms with E-state index in [4.69, 9.17) is 14.5 Å². The Bertz CT molecular complexity index is 1590. The number of hydrogen-bond acceptors (Lipinski definition) is 7. The van der Waals surface area contributed by atoms with E-state index in [1.807, 2.05) is 54.6 Å². The van der Waals surface area contributed by atoms with Gasteiger partial charge in [0.05, 0.1) is 29.6 Å². The molecule has 4 atom stereocenters. The number of benzene rings is 2. The van der Waals surface area contributed by atoms with Crippen molar-refractivity contribution in [2.45, 2.75) is 69.9 Å². The Labute approximate surface area is 260 Å². The van der Waals surface area contributed by atoms with E-state index in [1.165, 1.54) is 17.9 Å². The van der Waals surface area contributed by atoms with Gasteiger partial charge in [-0.25, -0.2) is 9.19 Å². The number of carbonyl (C=O) groups excluding carboxylic acids is 3. The van der Waals surface area contributed by atoms with E-state index in [9.17, 15) is 18.6 Å². The second-order valence-electron chi connectivity index (χ2n) is 12.0. The summed E-state index contributed by atoms with van der Waals surface area (Å²) in [6.07, 6.45) is 1.29. The Kier molecular flexibility index (Phi) is 9.78. The van der Waals surface area contributed by atoms with Crippen molar-refractivity contribution in [3.63, 3.8) is 0 Å². The number of hydrogen-bond donors (Lipinski definition) is 2. The van der Waals surface area contributed by atoms with Gasteiger partial charge >= 0.3 is 0 Å². The lowest BCUT2D eigenvalue weighted by Crippen LogP contribution is -2.61. The molecule has 234 valence electrons. The predicted molar refractivity (Wildman–Crippen MR) is 171 cm³/mol. The predicted octanol–water partition coefficient (Wildman–Crippen LogP) is 4.31. The van der Waals surface area contributed by atoms with Crippen molar-refractivity contribution in [3.05, 3.63) is 67.3 Å². The quantitative estimate of drug-likeness (QED) is 0.324. The molecule has 1 aliphatic rings. The molecule has 44 heavy (non-hydrogen) atoms. The van der Waals surface area contributed by atoms with Gasteiger partial charge in [-0.3, -0.25) is 19.1 Å². The number of amides is 3. The van der Waals surface area contributed by atoms with Crippen molar-refractivity contribution in [2.75, 3.05) is 13.7 Å². The van der Waals surface area contributed by atoms with Gasteiger partial charge in [0.2, 0.25) is 11.8 Å². The van der Waals surface area contributed by atoms with Crippen LogP contribution in [0, 0.1) is 0 Å². The van der Waals surface area contributed by atoms with Crippen LogP contribution in [0.4, 0.5) is 0 Å². The number of aromatic nitrogens is 1. The van der Waals surface area contributed by atoms with Crippen LogP contribution in [0.15, 0.2) is 67.3 Å². The zero-order valence-corrected chi connectivity index (χ0v) is 26.8. The van der Waals surface area contributed by atoms with Crippen LogP contribution in [-0.2, 0) is 25.4 Å². The SMILES string of the molecule is C=CC[C@](C)(NC(=O)[C@@H]1C[C@@H](Oc2cc(-c3ccccc3)nc3cc(OC)ccc23)CN1C(C)=O)C(=O)NS(=O)C(C)(C)C. The zero-order valence-electron chi connectivity index (χ0n) is 26.0. The molecule has 1 fully saturated rings. The van der Waals surface area contributed by atoms with E-state index in [2.05, 4.69) is 16.6 Å². The third-order valence-corrected chi connectivity index (χ3v) is 8.99. The molecule has 3 amide bonds. The third-order valence-electron chi connectivity index (χ3n) is 7.51. The lowest BCUT2D eigenvalue weighted by Gasteiger charge is -2.32. The van der Waals surface area contributed by atoms with Gasteiger partial charge in [-0.1, -0.05) is 36.4 Å². The highest BCUT2D eigenvalue weighted by atomic mass is 32.2. The first kappa shape index (κ1) is 32.7. The monoisotopic (exact) mass is 620 g/mol. The van der Waals surface area contributed by atoms with E-state index in [1.54, 1.807) is 34.8 Å². The number of likely N-dealkylation sites (tertiary alicyclic amines) is 1. The van der Waals surface area contributed by atoms with Gasteiger partial charge in [0.1, 0.15) is 40.2 Å². The van der Waals surface area contributed by atoms with Gasteiger partial charge in [0.15, 0.2) is 0 Å². The van der Waals surface area contributed by atoms with E-state index >= 15 is 0 Å². The molecule has 1 saturated heterocycles. The average Bonchev–Trinajstić information content (AvgIpc) is 3.41. The normalized spacial score (nSPS) is 18.6. The van der Waals surface area contributed by atoms with E-state index in [0.29, 0.717) is 22.7 Å². The van der Waals surface area contributed by atoms with Gasteiger partial charge in [-0.2, -0.15) is 0 Å². The van der Waals surface area contributed by atoms with Crippen LogP contribution in [0.2, 0.25) is 0 Å². The van der Waals surface area contributed by atoms with Crippen LogP contribution in [0.25, 0.3) is 22.2 Å². The summed E-state index contributed by atoms with van der Waals surface area (Å²) in [5.74, 6) is -0.201. The molecule has 2 aromatic carbocycles. The topological polar surface area (TPSA) is 127 Å². The Morgan fingerprint density at radius 3 is 2.43 bits per heavy atom. The fraction of sp³-hybridized carbons (Fsp3) is 0.394. The highest BCUT2D eigenvalue weighted by Crippen LogP contribution is 2.34. The molecule has 11 heteroatoms. The number of ether oxygens (including phenoxy) is 2. The highest BCUT2D eigenvalue weighted by Gasteiger charge is 2.44. The molecule has 10 nitrogen and oxygen atoms in total. The minimum Gasteiger partial charge on any atom is -0.497 e. The average molecular weight is 621 g/mol. The lowest BCUT2D eigenvalue weighted by atomic mass is 9.96. The molecule has 4 rings (SSSR count). The summed E-state index contributed by atoms with van der Waals surface area (Å²) in [4.78, 5) is 45.9. The Morgan fingerprint density at radius 2 is 1.82 bits per heavy atom. The number of nitrogens with one attached hydrogen (secondary N) is 2. The summed E-state index contributed by atoms with van der Waals surface area (Å²) in [6, 6.07) is 16.2. The third kappa shape index (κ3) is 7.27. The van der Waals surface area contributed by atoms with Gasteiger partial charge in [0, 0.05) is 36.4 Å². The summed E-state index contributed by atoms with van der Waals surface area (Å²) in [7, 11) is -0.0989. The molecular formula is C33H40N4O6S. The fourth-order valence-corrected chi connectivity index (χ4v) is 5.71. The van der Waals surface area contributed by atoms with Crippen molar-refractivity contribution < 1.29 is 28.1 Å². The molecule has 1 aliphatic heterocycles. The van der Waals surface area contributed by atoms with E-state index in [-0.39, 0.29) is 25.3 Å². The first-order chi connectivity index (χ1) is 20.8. The van der Waals surface area contributed by atoms with Crippen molar-refractivity contribution in [1.82, 2.24) is 19.9 Å². The maximum absolute atomic E-state index is 13.7. The molecule has 0 spiro atoms. The van der Waals surface area contributed by atoms with E-state index < -0.39 is 45.2 Å². The summed E-state index contributed by atoms with van der Waals surface area (Å²) in [5, 5.41) is 3.56. The first-order valence-corrected chi connectivity index (χ1v) is 15.5. The van der Waals surface area contributed by atoms with Gasteiger partial charge in [-0.05, 0) is 46.2 Å². The standard InChI is InChI=1S/C33H40N4O6S/c1-8-16-33(6,31(40)36-44(41)32(3,4)5)35-30(39)28-18-24(20-37(28)21(2)38)43-29-19-26(22-12-10-9-11-13-22)34-27-17-23(42-7)14-15-25(27)29/h8-15,17,19,24,28H,1,16,18,20H2,2-7H3,(H,35,39)(H,36,40)/t24-,28+,33+,44?/m1/s1. The lowest BCUT2D eigenvalue weighted by molar-refractivity contribution is -0.139. The van der Waals surface area contributed by atoms with E-state index in [0.717, 1.165) is 10.9 Å². The van der Waals surface area contributed by atoms with Crippen molar-refractivity contribution in [2.24, 2.45) is 0 Å². The molecule has 2 N–H and O–H groups in total. The van der Waals surface area contributed by atoms with Crippen LogP contribution in [-0.4, -0.2) is 67.9 Å². The highest BCUT2D eigenvalue weighted by molar-refractivity contribution is 7.85. The van der Waals surface area contributed by atoms with Gasteiger partial charge in [-0.15, -0.1) is 6.58 Å². The molecule has 0 radical (unpaired) electrons. The van der Waals surface area contributed by atoms with Crippen molar-refractivity contribution in [1.29, 1.82) is 0 Å². The molecule has 1 unspecified atom stereocenters. The Hall–Kier alpha value is -4.25. The van der Waals surface area contributed by atoms with Crippen LogP contribution in [0.3, 0.4) is 0 Å². The van der Waals surface area contributed by atoms with Crippen LogP contribution in [0.1, 0.15) is 47.5 Å². The summed E-state index contributed by atoms with van der Waals surface area (Å²) in [5.41, 5.74) is 0.848. The molecule has 0 saturated carbocycles. The van der Waals surface area contributed by atoms with Crippen molar-refractivity contribution >= 4 is 39.6 Å². The number of fused-ring (bicyclic) bond motifs is 1. The number of methoxy groups -OCH3 is 1. The number of nitrogens with zero attached hydrogens (tertiary/aromatic N) is 2. The number of rotatable bonds is 10. The minimum absolute atomic E-state index is 0.0906. The second kappa shape index (κ2) is 13.2. The van der Waals surface area contributed by atoms with Crippen molar-refractivity contribution in [3.8, 4) is 22.8 Å². The molecule has 3 aromatic rings. The largest absolute Gasteiger partial charge is 0.497 e. The molecule has 0 aliphatic carbocycles. The first-order valence-electron chi connectivity index (χ1n) is 14.4. The van der Waals surface area contributed by atoms with Crippen LogP contribution >= 0.6 is 0 Å². The zero-order chi connectivity index (χ0) is 32.2. The number of carbonyl (C=O) groups is 3. The van der Waals surface area contributed by atoms with Crippen LogP contribution < -0.4 is 19.5 Å². The maximum Gasteiger partial charge on any atom is 0.257 e. The van der Waals surface area contributed by atoms with Crippen LogP contribution in [0.5, 0.6) is 11.5 Å². The number of pyridine rings is 1. The van der Waals surface area contributed by atoms with Gasteiger partial charge in [0.25, 0.3) is 5.91 Å². The van der Waals surface area contributed by atoms with Gasteiger partial charge < -0.3 is 19.7 Å². The summed E-state index contributed by atoms with van der Waals surface area (Å²) >= 11 is 0. The Morgan fingerprint density at radius 1 is 1.11 bits per heavy atom. The smallest absolute Gasteiger partial charge is 0.257 e. The summed E-state index contributed by atoms with van der Waals surface area (Å²) < 4.78 is 26.4. The molecule has 0 bridgehead atoms. The molecule has 2 heterocycles. The maximum atomic E-state index is 13.7. The molecular weight excluding hydrogens is 580 g/mol. The minimum atomic E-state index is -1.69. The fourth-order valence-electron chi connectivity index (χ4n) is 5.01. The Balaban J connectivity index is 1.61. The summed E-state index contributed by atoms with van der Waals surface area (Å²) in [6.45, 7) is 12.1.